The quantitative estimate of drug-likeness (QED) is 0.249. The molecule has 0 bridgehead atoms. The zero-order valence-electron chi connectivity index (χ0n) is 15.9. The SMILES string of the molecule is SCCCCCCNC(c1ccccc1)(c1ccccc1)c1ccccc1. The topological polar surface area (TPSA) is 12.0 Å². The summed E-state index contributed by atoms with van der Waals surface area (Å²) < 4.78 is 0. The molecule has 140 valence electrons. The first-order valence-electron chi connectivity index (χ1n) is 9.90. The van der Waals surface area contributed by atoms with Crippen LogP contribution < -0.4 is 5.32 Å². The van der Waals surface area contributed by atoms with Gasteiger partial charge in [0, 0.05) is 0 Å². The molecule has 0 aliphatic carbocycles. The number of rotatable bonds is 10. The fourth-order valence-corrected chi connectivity index (χ4v) is 3.96. The molecule has 0 radical (unpaired) electrons. The van der Waals surface area contributed by atoms with E-state index in [1.807, 2.05) is 0 Å². The minimum Gasteiger partial charge on any atom is -0.300 e. The van der Waals surface area contributed by atoms with E-state index in [0.29, 0.717) is 0 Å². The second-order valence-electron chi connectivity index (χ2n) is 6.91. The summed E-state index contributed by atoms with van der Waals surface area (Å²) in [5.74, 6) is 0.982. The lowest BCUT2D eigenvalue weighted by atomic mass is 9.77. The summed E-state index contributed by atoms with van der Waals surface area (Å²) in [6.07, 6.45) is 4.86. The van der Waals surface area contributed by atoms with E-state index in [4.69, 9.17) is 0 Å². The van der Waals surface area contributed by atoms with E-state index in [1.165, 1.54) is 42.4 Å². The van der Waals surface area contributed by atoms with Gasteiger partial charge in [0.1, 0.15) is 0 Å². The van der Waals surface area contributed by atoms with Crippen LogP contribution in [0.5, 0.6) is 0 Å². The Morgan fingerprint density at radius 2 is 0.963 bits per heavy atom. The Kier molecular flexibility index (Phi) is 7.55. The number of hydrogen-bond donors (Lipinski definition) is 2. The number of unbranched alkanes of at least 4 members (excludes halogenated alkanes) is 3. The van der Waals surface area contributed by atoms with Gasteiger partial charge in [-0.2, -0.15) is 12.6 Å². The van der Waals surface area contributed by atoms with E-state index in [1.54, 1.807) is 0 Å². The Labute approximate surface area is 169 Å². The molecule has 0 fully saturated rings. The van der Waals surface area contributed by atoms with Gasteiger partial charge >= 0.3 is 0 Å². The van der Waals surface area contributed by atoms with E-state index in [2.05, 4.69) is 109 Å². The predicted octanol–water partition coefficient (Wildman–Crippen LogP) is 6.06. The van der Waals surface area contributed by atoms with Gasteiger partial charge < -0.3 is 0 Å². The van der Waals surface area contributed by atoms with E-state index in [0.717, 1.165) is 12.3 Å². The Morgan fingerprint density at radius 3 is 1.37 bits per heavy atom. The highest BCUT2D eigenvalue weighted by Crippen LogP contribution is 2.36. The van der Waals surface area contributed by atoms with Crippen LogP contribution in [0, 0.1) is 0 Å². The molecule has 0 amide bonds. The minimum atomic E-state index is -0.340. The van der Waals surface area contributed by atoms with Gasteiger partial charge in [0.05, 0.1) is 5.54 Å². The molecule has 0 saturated carbocycles. The molecular weight excluding hydrogens is 346 g/mol. The molecule has 2 heteroatoms. The van der Waals surface area contributed by atoms with E-state index >= 15 is 0 Å². The molecule has 3 aromatic rings. The highest BCUT2D eigenvalue weighted by atomic mass is 32.1. The smallest absolute Gasteiger partial charge is 0.0947 e. The van der Waals surface area contributed by atoms with Crippen molar-refractivity contribution in [2.75, 3.05) is 12.3 Å². The first kappa shape index (κ1) is 19.7. The average molecular weight is 376 g/mol. The maximum atomic E-state index is 4.32. The number of thiol groups is 1. The molecule has 0 spiro atoms. The highest BCUT2D eigenvalue weighted by Gasteiger charge is 2.35. The van der Waals surface area contributed by atoms with Crippen molar-refractivity contribution >= 4 is 12.6 Å². The lowest BCUT2D eigenvalue weighted by Gasteiger charge is -2.37. The standard InChI is InChI=1S/C25H29NS/c27-21-13-2-1-12-20-26-25(22-14-6-3-7-15-22,23-16-8-4-9-17-23)24-18-10-5-11-19-24/h3-11,14-19,26-27H,1-2,12-13,20-21H2. The van der Waals surface area contributed by atoms with E-state index in [-0.39, 0.29) is 5.54 Å². The summed E-state index contributed by atoms with van der Waals surface area (Å²) in [4.78, 5) is 0. The summed E-state index contributed by atoms with van der Waals surface area (Å²) in [5.41, 5.74) is 3.49. The van der Waals surface area contributed by atoms with Gasteiger partial charge in [0.2, 0.25) is 0 Å². The molecule has 27 heavy (non-hydrogen) atoms. The van der Waals surface area contributed by atoms with Gasteiger partial charge in [-0.15, -0.1) is 0 Å². The third-order valence-electron chi connectivity index (χ3n) is 5.10. The predicted molar refractivity (Wildman–Crippen MR) is 120 cm³/mol. The van der Waals surface area contributed by atoms with E-state index in [9.17, 15) is 0 Å². The lowest BCUT2D eigenvalue weighted by Crippen LogP contribution is -2.45. The summed E-state index contributed by atoms with van der Waals surface area (Å²) in [6.45, 7) is 0.977. The van der Waals surface area contributed by atoms with Crippen LogP contribution >= 0.6 is 12.6 Å². The minimum absolute atomic E-state index is 0.340. The van der Waals surface area contributed by atoms with Gasteiger partial charge in [0.15, 0.2) is 0 Å². The molecule has 0 aromatic heterocycles. The molecule has 0 heterocycles. The Hall–Kier alpha value is -2.03. The van der Waals surface area contributed by atoms with Crippen molar-refractivity contribution in [2.45, 2.75) is 31.2 Å². The zero-order valence-corrected chi connectivity index (χ0v) is 16.7. The zero-order chi connectivity index (χ0) is 18.8. The summed E-state index contributed by atoms with van der Waals surface area (Å²) >= 11 is 4.32. The van der Waals surface area contributed by atoms with Gasteiger partial charge in [-0.25, -0.2) is 0 Å². The Bertz CT molecular complexity index is 675. The van der Waals surface area contributed by atoms with Crippen molar-refractivity contribution in [3.8, 4) is 0 Å². The third kappa shape index (κ3) is 4.82. The lowest BCUT2D eigenvalue weighted by molar-refractivity contribution is 0.457. The first-order chi connectivity index (χ1) is 13.4. The monoisotopic (exact) mass is 375 g/mol. The van der Waals surface area contributed by atoms with Crippen LogP contribution in [0.2, 0.25) is 0 Å². The van der Waals surface area contributed by atoms with Gasteiger partial charge in [-0.1, -0.05) is 104 Å². The van der Waals surface area contributed by atoms with Crippen LogP contribution in [-0.4, -0.2) is 12.3 Å². The molecule has 3 rings (SSSR count). The van der Waals surface area contributed by atoms with Crippen LogP contribution in [0.3, 0.4) is 0 Å². The van der Waals surface area contributed by atoms with Crippen molar-refractivity contribution in [2.24, 2.45) is 0 Å². The number of hydrogen-bond acceptors (Lipinski definition) is 2. The van der Waals surface area contributed by atoms with E-state index < -0.39 is 0 Å². The highest BCUT2D eigenvalue weighted by molar-refractivity contribution is 7.80. The fraction of sp³-hybridized carbons (Fsp3) is 0.280. The molecule has 0 aliphatic heterocycles. The van der Waals surface area contributed by atoms with Crippen molar-refractivity contribution in [3.63, 3.8) is 0 Å². The van der Waals surface area contributed by atoms with Crippen LogP contribution in [0.1, 0.15) is 42.4 Å². The molecule has 0 saturated heterocycles. The normalized spacial score (nSPS) is 11.4. The molecular formula is C25H29NS. The molecule has 0 unspecified atom stereocenters. The Balaban J connectivity index is 1.98. The summed E-state index contributed by atoms with van der Waals surface area (Å²) in [6, 6.07) is 32.4. The molecule has 0 aliphatic rings. The molecule has 3 aromatic carbocycles. The van der Waals surface area contributed by atoms with Crippen LogP contribution in [-0.2, 0) is 5.54 Å². The average Bonchev–Trinajstić information content (AvgIpc) is 2.75. The second-order valence-corrected chi connectivity index (χ2v) is 7.36. The van der Waals surface area contributed by atoms with Crippen molar-refractivity contribution in [1.82, 2.24) is 5.32 Å². The number of nitrogens with one attached hydrogen (secondary N) is 1. The summed E-state index contributed by atoms with van der Waals surface area (Å²) in [5, 5.41) is 3.94. The second kappa shape index (κ2) is 10.3. The first-order valence-corrected chi connectivity index (χ1v) is 10.5. The maximum Gasteiger partial charge on any atom is 0.0947 e. The number of benzene rings is 3. The van der Waals surface area contributed by atoms with Gasteiger partial charge in [0.25, 0.3) is 0 Å². The molecule has 1 N–H and O–H groups in total. The van der Waals surface area contributed by atoms with Gasteiger partial charge in [-0.05, 0) is 41.8 Å². The van der Waals surface area contributed by atoms with Crippen LogP contribution in [0.4, 0.5) is 0 Å². The Morgan fingerprint density at radius 1 is 0.556 bits per heavy atom. The van der Waals surface area contributed by atoms with Crippen LogP contribution in [0.25, 0.3) is 0 Å². The van der Waals surface area contributed by atoms with Crippen LogP contribution in [0.15, 0.2) is 91.0 Å². The van der Waals surface area contributed by atoms with Crippen molar-refractivity contribution in [1.29, 1.82) is 0 Å². The van der Waals surface area contributed by atoms with Gasteiger partial charge in [-0.3, -0.25) is 5.32 Å². The molecule has 0 atom stereocenters. The largest absolute Gasteiger partial charge is 0.300 e. The molecule has 1 nitrogen and oxygen atoms in total. The fourth-order valence-electron chi connectivity index (χ4n) is 3.74. The third-order valence-corrected chi connectivity index (χ3v) is 5.41. The van der Waals surface area contributed by atoms with Crippen molar-refractivity contribution in [3.05, 3.63) is 108 Å². The summed E-state index contributed by atoms with van der Waals surface area (Å²) in [7, 11) is 0. The maximum absolute atomic E-state index is 4.32. The van der Waals surface area contributed by atoms with Crippen molar-refractivity contribution < 1.29 is 0 Å².